The van der Waals surface area contributed by atoms with Crippen LogP contribution in [0.25, 0.3) is 0 Å². The molecule has 1 rings (SSSR count). The molecule has 0 fully saturated rings. The van der Waals surface area contributed by atoms with Crippen molar-refractivity contribution >= 4 is 21.6 Å². The highest BCUT2D eigenvalue weighted by atomic mass is 35.5. The minimum Gasteiger partial charge on any atom is -0.383 e. The molecule has 6 nitrogen and oxygen atoms in total. The molecule has 1 heterocycles. The van der Waals surface area contributed by atoms with E-state index in [2.05, 4.69) is 4.98 Å². The first kappa shape index (κ1) is 17.3. The summed E-state index contributed by atoms with van der Waals surface area (Å²) >= 11 is 5.96. The normalized spacial score (nSPS) is 13.7. The summed E-state index contributed by atoms with van der Waals surface area (Å²) in [7, 11) is -0.707. The van der Waals surface area contributed by atoms with Crippen LogP contribution in [0, 0.1) is 0 Å². The molecular formula is C12H19ClN2O4S. The van der Waals surface area contributed by atoms with Crippen LogP contribution in [0.2, 0.25) is 5.02 Å². The van der Waals surface area contributed by atoms with E-state index >= 15 is 0 Å². The fourth-order valence-electron chi connectivity index (χ4n) is 1.76. The summed E-state index contributed by atoms with van der Waals surface area (Å²) < 4.78 is 36.6. The van der Waals surface area contributed by atoms with E-state index in [-0.39, 0.29) is 35.7 Å². The average molecular weight is 323 g/mol. The maximum atomic E-state index is 12.7. The van der Waals surface area contributed by atoms with E-state index in [1.807, 2.05) is 0 Å². The largest absolute Gasteiger partial charge is 0.383 e. The summed E-state index contributed by atoms with van der Waals surface area (Å²) in [5.41, 5.74) is 0. The van der Waals surface area contributed by atoms with Gasteiger partial charge in [-0.3, -0.25) is 4.98 Å². The lowest BCUT2D eigenvalue weighted by atomic mass is 10.3. The van der Waals surface area contributed by atoms with Crippen molar-refractivity contribution in [1.82, 2.24) is 9.29 Å². The van der Waals surface area contributed by atoms with Gasteiger partial charge in [0, 0.05) is 39.2 Å². The van der Waals surface area contributed by atoms with E-state index in [4.69, 9.17) is 21.1 Å². The Kier molecular flexibility index (Phi) is 6.84. The Morgan fingerprint density at radius 2 is 2.10 bits per heavy atom. The molecule has 1 aromatic rings. The second-order valence-corrected chi connectivity index (χ2v) is 6.49. The van der Waals surface area contributed by atoms with Crippen LogP contribution in [-0.2, 0) is 19.5 Å². The Hall–Kier alpha value is -0.730. The molecule has 0 spiro atoms. The van der Waals surface area contributed by atoms with Crippen LogP contribution < -0.4 is 0 Å². The molecule has 8 heteroatoms. The molecule has 1 atom stereocenters. The zero-order valence-electron chi connectivity index (χ0n) is 11.7. The van der Waals surface area contributed by atoms with Crippen molar-refractivity contribution in [3.05, 3.63) is 23.5 Å². The number of pyridine rings is 1. The average Bonchev–Trinajstić information content (AvgIpc) is 2.39. The first-order valence-corrected chi connectivity index (χ1v) is 7.86. The molecule has 0 amide bonds. The lowest BCUT2D eigenvalue weighted by molar-refractivity contribution is 0.119. The van der Waals surface area contributed by atoms with Crippen LogP contribution in [0.15, 0.2) is 23.4 Å². The molecule has 20 heavy (non-hydrogen) atoms. The fourth-order valence-corrected chi connectivity index (χ4v) is 3.77. The van der Waals surface area contributed by atoms with E-state index in [0.717, 1.165) is 0 Å². The highest BCUT2D eigenvalue weighted by Crippen LogP contribution is 2.24. The number of ether oxygens (including phenoxy) is 2. The Balaban J connectivity index is 3.13. The molecule has 1 unspecified atom stereocenters. The van der Waals surface area contributed by atoms with Crippen molar-refractivity contribution < 1.29 is 17.9 Å². The number of sulfonamides is 1. The molecule has 0 aromatic carbocycles. The van der Waals surface area contributed by atoms with Gasteiger partial charge in [0.2, 0.25) is 10.0 Å². The minimum atomic E-state index is -3.75. The molecule has 0 bridgehead atoms. The summed E-state index contributed by atoms with van der Waals surface area (Å²) in [6, 6.07) is 1.11. The van der Waals surface area contributed by atoms with Gasteiger partial charge >= 0.3 is 0 Å². The van der Waals surface area contributed by atoms with Crippen LogP contribution in [0.1, 0.15) is 6.92 Å². The number of aromatic nitrogens is 1. The van der Waals surface area contributed by atoms with Crippen LogP contribution in [-0.4, -0.2) is 57.7 Å². The SMILES string of the molecule is COCCN(C(C)COC)S(=O)(=O)c1cnccc1Cl. The molecule has 0 aliphatic heterocycles. The standard InChI is InChI=1S/C12H19ClN2O4S/c1-10(9-19-3)15(6-7-18-2)20(16,17)12-8-14-5-4-11(12)13/h4-5,8,10H,6-7,9H2,1-3H3. The molecule has 0 aliphatic carbocycles. The van der Waals surface area contributed by atoms with Gasteiger partial charge in [0.15, 0.2) is 0 Å². The fraction of sp³-hybridized carbons (Fsp3) is 0.583. The van der Waals surface area contributed by atoms with Crippen LogP contribution >= 0.6 is 11.6 Å². The Labute approximate surface area is 124 Å². The summed E-state index contributed by atoms with van der Waals surface area (Å²) in [4.78, 5) is 3.81. The van der Waals surface area contributed by atoms with Crippen LogP contribution in [0.4, 0.5) is 0 Å². The maximum absolute atomic E-state index is 12.7. The Morgan fingerprint density at radius 3 is 2.65 bits per heavy atom. The lowest BCUT2D eigenvalue weighted by Gasteiger charge is -2.27. The van der Waals surface area contributed by atoms with Crippen molar-refractivity contribution in [3.8, 4) is 0 Å². The van der Waals surface area contributed by atoms with Crippen molar-refractivity contribution in [1.29, 1.82) is 0 Å². The van der Waals surface area contributed by atoms with Crippen LogP contribution in [0.3, 0.4) is 0 Å². The number of methoxy groups -OCH3 is 2. The van der Waals surface area contributed by atoms with E-state index in [0.29, 0.717) is 0 Å². The monoisotopic (exact) mass is 322 g/mol. The maximum Gasteiger partial charge on any atom is 0.246 e. The third-order valence-electron chi connectivity index (χ3n) is 2.74. The Bertz CT molecular complexity index is 524. The Morgan fingerprint density at radius 1 is 1.40 bits per heavy atom. The zero-order chi connectivity index (χ0) is 15.2. The number of rotatable bonds is 8. The first-order valence-electron chi connectivity index (χ1n) is 6.04. The summed E-state index contributed by atoms with van der Waals surface area (Å²) in [6.45, 7) is 2.54. The zero-order valence-corrected chi connectivity index (χ0v) is 13.3. The third-order valence-corrected chi connectivity index (χ3v) is 5.22. The first-order chi connectivity index (χ1) is 9.45. The topological polar surface area (TPSA) is 68.7 Å². The quantitative estimate of drug-likeness (QED) is 0.724. The van der Waals surface area contributed by atoms with E-state index in [1.54, 1.807) is 6.92 Å². The minimum absolute atomic E-state index is 0.0132. The van der Waals surface area contributed by atoms with Gasteiger partial charge in [0.1, 0.15) is 4.90 Å². The summed E-state index contributed by atoms with van der Waals surface area (Å²) in [6.07, 6.45) is 2.69. The highest BCUT2D eigenvalue weighted by molar-refractivity contribution is 7.89. The highest BCUT2D eigenvalue weighted by Gasteiger charge is 2.30. The van der Waals surface area contributed by atoms with Crippen LogP contribution in [0.5, 0.6) is 0 Å². The number of halogens is 1. The molecule has 0 aliphatic rings. The number of hydrogen-bond acceptors (Lipinski definition) is 5. The van der Waals surface area contributed by atoms with Crippen molar-refractivity contribution in [3.63, 3.8) is 0 Å². The molecule has 1 aromatic heterocycles. The number of hydrogen-bond donors (Lipinski definition) is 0. The van der Waals surface area contributed by atoms with Gasteiger partial charge in [-0.15, -0.1) is 0 Å². The predicted molar refractivity (Wildman–Crippen MR) is 76.4 cm³/mol. The van der Waals surface area contributed by atoms with Gasteiger partial charge in [-0.2, -0.15) is 4.31 Å². The second kappa shape index (κ2) is 7.90. The van der Waals surface area contributed by atoms with Gasteiger partial charge in [-0.1, -0.05) is 11.6 Å². The molecule has 114 valence electrons. The van der Waals surface area contributed by atoms with E-state index in [1.165, 1.54) is 37.0 Å². The third kappa shape index (κ3) is 4.13. The molecule has 0 N–H and O–H groups in total. The number of nitrogens with zero attached hydrogens (tertiary/aromatic N) is 2. The predicted octanol–water partition coefficient (Wildman–Crippen LogP) is 1.41. The lowest BCUT2D eigenvalue weighted by Crippen LogP contribution is -2.43. The molecule has 0 saturated heterocycles. The molecule has 0 saturated carbocycles. The molecular weight excluding hydrogens is 304 g/mol. The van der Waals surface area contributed by atoms with Crippen molar-refractivity contribution in [2.24, 2.45) is 0 Å². The van der Waals surface area contributed by atoms with Gasteiger partial charge in [-0.05, 0) is 13.0 Å². The van der Waals surface area contributed by atoms with Crippen molar-refractivity contribution in [2.75, 3.05) is 34.0 Å². The summed E-state index contributed by atoms with van der Waals surface area (Å²) in [5.74, 6) is 0. The van der Waals surface area contributed by atoms with Gasteiger partial charge in [0.05, 0.1) is 18.2 Å². The van der Waals surface area contributed by atoms with E-state index < -0.39 is 10.0 Å². The van der Waals surface area contributed by atoms with Crippen molar-refractivity contribution in [2.45, 2.75) is 17.9 Å². The van der Waals surface area contributed by atoms with Gasteiger partial charge in [0.25, 0.3) is 0 Å². The van der Waals surface area contributed by atoms with E-state index in [9.17, 15) is 8.42 Å². The molecule has 0 radical (unpaired) electrons. The van der Waals surface area contributed by atoms with Gasteiger partial charge in [-0.25, -0.2) is 8.42 Å². The van der Waals surface area contributed by atoms with Gasteiger partial charge < -0.3 is 9.47 Å². The second-order valence-electron chi connectivity index (χ2n) is 4.22. The summed E-state index contributed by atoms with van der Waals surface area (Å²) in [5, 5.41) is 0.145. The smallest absolute Gasteiger partial charge is 0.246 e.